The number of hydrogen-bond donors (Lipinski definition) is 1. The zero-order valence-corrected chi connectivity index (χ0v) is 15.0. The molecule has 1 N–H and O–H groups in total. The third-order valence-corrected chi connectivity index (χ3v) is 5.56. The van der Waals surface area contributed by atoms with Crippen LogP contribution in [0.4, 0.5) is 0 Å². The summed E-state index contributed by atoms with van der Waals surface area (Å²) in [6, 6.07) is 1.89. The normalized spacial score (nSPS) is 23.0. The molecule has 136 valence electrons. The third-order valence-electron chi connectivity index (χ3n) is 5.56. The maximum Gasteiger partial charge on any atom is 0.331 e. The van der Waals surface area contributed by atoms with Gasteiger partial charge in [0.15, 0.2) is 5.54 Å². The smallest absolute Gasteiger partial charge is 0.331 e. The molecule has 0 radical (unpaired) electrons. The predicted molar refractivity (Wildman–Crippen MR) is 94.2 cm³/mol. The summed E-state index contributed by atoms with van der Waals surface area (Å²) >= 11 is 0. The first-order valence-corrected chi connectivity index (χ1v) is 9.17. The lowest BCUT2D eigenvalue weighted by Gasteiger charge is -2.40. The summed E-state index contributed by atoms with van der Waals surface area (Å²) in [4.78, 5) is 26.6. The van der Waals surface area contributed by atoms with Gasteiger partial charge in [0.05, 0.1) is 5.69 Å². The van der Waals surface area contributed by atoms with E-state index in [9.17, 15) is 14.7 Å². The minimum absolute atomic E-state index is 0.0552. The largest absolute Gasteiger partial charge is 0.479 e. The zero-order valence-electron chi connectivity index (χ0n) is 15.0. The molecule has 1 aromatic rings. The number of allylic oxidation sites excluding steroid dienone is 2. The standard InChI is InChI=1S/C19H27N3O3/c1-14(2)16-8-11-22(20-16)19(18(24)25)9-12-21(13-10-19)17(23)15-6-4-3-5-7-15/h3-4,8,11,14-15H,5-7,9-10,12-13H2,1-2H3,(H,24,25)/t15-/m0/s1. The highest BCUT2D eigenvalue weighted by atomic mass is 16.4. The van der Waals surface area contributed by atoms with Gasteiger partial charge in [-0.2, -0.15) is 5.10 Å². The molecular weight excluding hydrogens is 318 g/mol. The minimum atomic E-state index is -1.05. The molecule has 2 aliphatic rings. The zero-order chi connectivity index (χ0) is 18.0. The molecule has 6 heteroatoms. The van der Waals surface area contributed by atoms with Gasteiger partial charge in [0.1, 0.15) is 0 Å². The Kier molecular flexibility index (Phi) is 4.97. The summed E-state index contributed by atoms with van der Waals surface area (Å²) in [7, 11) is 0. The molecule has 25 heavy (non-hydrogen) atoms. The molecule has 6 nitrogen and oxygen atoms in total. The quantitative estimate of drug-likeness (QED) is 0.852. The molecule has 0 spiro atoms. The molecule has 1 aliphatic carbocycles. The lowest BCUT2D eigenvalue weighted by atomic mass is 9.86. The van der Waals surface area contributed by atoms with Gasteiger partial charge < -0.3 is 10.0 Å². The molecule has 0 aromatic carbocycles. The van der Waals surface area contributed by atoms with Gasteiger partial charge in [-0.3, -0.25) is 9.48 Å². The number of piperidine rings is 1. The average molecular weight is 345 g/mol. The van der Waals surface area contributed by atoms with Crippen molar-refractivity contribution < 1.29 is 14.7 Å². The van der Waals surface area contributed by atoms with E-state index in [1.54, 1.807) is 10.9 Å². The van der Waals surface area contributed by atoms with Crippen molar-refractivity contribution in [3.05, 3.63) is 30.1 Å². The van der Waals surface area contributed by atoms with Crippen molar-refractivity contribution in [3.63, 3.8) is 0 Å². The second-order valence-corrected chi connectivity index (χ2v) is 7.48. The van der Waals surface area contributed by atoms with Crippen molar-refractivity contribution in [1.29, 1.82) is 0 Å². The molecule has 1 amide bonds. The van der Waals surface area contributed by atoms with Crippen LogP contribution in [0, 0.1) is 5.92 Å². The number of hydrogen-bond acceptors (Lipinski definition) is 3. The Morgan fingerprint density at radius 3 is 2.52 bits per heavy atom. The number of rotatable bonds is 4. The average Bonchev–Trinajstić information content (AvgIpc) is 3.12. The number of carbonyl (C=O) groups excluding carboxylic acids is 1. The molecule has 1 fully saturated rings. The van der Waals surface area contributed by atoms with Crippen LogP contribution in [0.3, 0.4) is 0 Å². The number of aliphatic carboxylic acids is 1. The van der Waals surface area contributed by atoms with E-state index in [0.717, 1.165) is 25.0 Å². The SMILES string of the molecule is CC(C)c1ccn(C2(C(=O)O)CCN(C(=O)[C@H]3CC=CCC3)CC2)n1. The first kappa shape index (κ1) is 17.7. The number of carboxylic acids is 1. The van der Waals surface area contributed by atoms with Crippen molar-refractivity contribution in [2.75, 3.05) is 13.1 Å². The highest BCUT2D eigenvalue weighted by molar-refractivity contribution is 5.81. The first-order valence-electron chi connectivity index (χ1n) is 9.17. The number of nitrogens with zero attached hydrogens (tertiary/aromatic N) is 3. The summed E-state index contributed by atoms with van der Waals surface area (Å²) in [6.45, 7) is 5.03. The molecule has 0 unspecified atom stereocenters. The van der Waals surface area contributed by atoms with E-state index in [-0.39, 0.29) is 17.7 Å². The maximum atomic E-state index is 12.7. The van der Waals surface area contributed by atoms with E-state index >= 15 is 0 Å². The van der Waals surface area contributed by atoms with Gasteiger partial charge in [0.2, 0.25) is 5.91 Å². The molecule has 0 saturated carbocycles. The summed E-state index contributed by atoms with van der Waals surface area (Å²) in [5.74, 6) is -0.377. The topological polar surface area (TPSA) is 75.4 Å². The van der Waals surface area contributed by atoms with Gasteiger partial charge >= 0.3 is 5.97 Å². The molecule has 0 bridgehead atoms. The van der Waals surface area contributed by atoms with E-state index in [0.29, 0.717) is 25.9 Å². The van der Waals surface area contributed by atoms with Crippen LogP contribution in [0.15, 0.2) is 24.4 Å². The minimum Gasteiger partial charge on any atom is -0.479 e. The van der Waals surface area contributed by atoms with Crippen LogP contribution in [0.1, 0.15) is 57.6 Å². The number of carboxylic acid groups (broad SMARTS) is 1. The molecule has 1 atom stereocenters. The number of carbonyl (C=O) groups is 2. The summed E-state index contributed by atoms with van der Waals surface area (Å²) < 4.78 is 1.61. The fourth-order valence-electron chi connectivity index (χ4n) is 3.80. The molecule has 1 saturated heterocycles. The van der Waals surface area contributed by atoms with E-state index in [2.05, 4.69) is 17.3 Å². The molecular formula is C19H27N3O3. The van der Waals surface area contributed by atoms with Gasteiger partial charge in [0, 0.05) is 38.0 Å². The maximum absolute atomic E-state index is 12.7. The number of likely N-dealkylation sites (tertiary alicyclic amines) is 1. The second-order valence-electron chi connectivity index (χ2n) is 7.48. The Bertz CT molecular complexity index is 669. The van der Waals surface area contributed by atoms with Gasteiger partial charge in [-0.25, -0.2) is 4.79 Å². The van der Waals surface area contributed by atoms with Crippen LogP contribution < -0.4 is 0 Å². The summed E-state index contributed by atoms with van der Waals surface area (Å²) in [6.07, 6.45) is 9.42. The predicted octanol–water partition coefficient (Wildman–Crippen LogP) is 2.77. The van der Waals surface area contributed by atoms with Crippen molar-refractivity contribution in [2.24, 2.45) is 5.92 Å². The van der Waals surface area contributed by atoms with E-state index in [1.165, 1.54) is 0 Å². The Morgan fingerprint density at radius 1 is 1.28 bits per heavy atom. The fraction of sp³-hybridized carbons (Fsp3) is 0.632. The molecule has 3 rings (SSSR count). The highest BCUT2D eigenvalue weighted by Gasteiger charge is 2.45. The summed E-state index contributed by atoms with van der Waals surface area (Å²) in [5.41, 5.74) is -0.149. The van der Waals surface area contributed by atoms with E-state index in [4.69, 9.17) is 0 Å². The van der Waals surface area contributed by atoms with Crippen molar-refractivity contribution >= 4 is 11.9 Å². The Balaban J connectivity index is 1.73. The lowest BCUT2D eigenvalue weighted by molar-refractivity contribution is -0.154. The van der Waals surface area contributed by atoms with Crippen LogP contribution in [0.2, 0.25) is 0 Å². The van der Waals surface area contributed by atoms with Crippen molar-refractivity contribution in [3.8, 4) is 0 Å². The van der Waals surface area contributed by atoms with Crippen LogP contribution >= 0.6 is 0 Å². The Hall–Kier alpha value is -2.11. The summed E-state index contributed by atoms with van der Waals surface area (Å²) in [5, 5.41) is 14.4. The molecule has 1 aliphatic heterocycles. The van der Waals surface area contributed by atoms with Crippen molar-refractivity contribution in [2.45, 2.75) is 57.4 Å². The third kappa shape index (κ3) is 3.34. The fourth-order valence-corrected chi connectivity index (χ4v) is 3.80. The van der Waals surface area contributed by atoms with Crippen LogP contribution in [0.5, 0.6) is 0 Å². The van der Waals surface area contributed by atoms with Crippen LogP contribution in [-0.4, -0.2) is 44.8 Å². The van der Waals surface area contributed by atoms with Gasteiger partial charge in [0.25, 0.3) is 0 Å². The monoisotopic (exact) mass is 345 g/mol. The lowest BCUT2D eigenvalue weighted by Crippen LogP contribution is -2.53. The van der Waals surface area contributed by atoms with E-state index in [1.807, 2.05) is 24.8 Å². The second kappa shape index (κ2) is 7.02. The Morgan fingerprint density at radius 2 is 2.00 bits per heavy atom. The van der Waals surface area contributed by atoms with Gasteiger partial charge in [-0.05, 0) is 31.2 Å². The van der Waals surface area contributed by atoms with Crippen LogP contribution in [0.25, 0.3) is 0 Å². The number of amides is 1. The molecule has 1 aromatic heterocycles. The highest BCUT2D eigenvalue weighted by Crippen LogP contribution is 2.32. The van der Waals surface area contributed by atoms with E-state index < -0.39 is 11.5 Å². The first-order chi connectivity index (χ1) is 11.9. The Labute approximate surface area is 148 Å². The van der Waals surface area contributed by atoms with Gasteiger partial charge in [-0.15, -0.1) is 0 Å². The number of aromatic nitrogens is 2. The van der Waals surface area contributed by atoms with Crippen LogP contribution in [-0.2, 0) is 15.1 Å². The molecule has 2 heterocycles. The van der Waals surface area contributed by atoms with Gasteiger partial charge in [-0.1, -0.05) is 26.0 Å². The van der Waals surface area contributed by atoms with Crippen molar-refractivity contribution in [1.82, 2.24) is 14.7 Å².